The minimum Gasteiger partial charge on any atom is -0.382 e. The van der Waals surface area contributed by atoms with Crippen LogP contribution >= 0.6 is 0 Å². The number of aryl methyl sites for hydroxylation is 1. The number of nitrogens with one attached hydrogen (secondary N) is 1. The Labute approximate surface area is 189 Å². The summed E-state index contributed by atoms with van der Waals surface area (Å²) in [5.74, 6) is 0.398. The quantitative estimate of drug-likeness (QED) is 0.420. The number of Topliss-reactive ketones (excluding diaryl/α,β-unsaturated/α-hetero) is 2. The minimum atomic E-state index is -4.30. The maximum atomic E-state index is 12.6. The topological polar surface area (TPSA) is 76.4 Å². The molecule has 2 heterocycles. The predicted molar refractivity (Wildman–Crippen MR) is 119 cm³/mol. The van der Waals surface area contributed by atoms with E-state index >= 15 is 0 Å². The molecular formula is C24H25F3N4O2. The molecule has 0 bridgehead atoms. The number of alkyl halides is 3. The first-order valence-corrected chi connectivity index (χ1v) is 11.0. The summed E-state index contributed by atoms with van der Waals surface area (Å²) in [5, 5.41) is 7.16. The third-order valence-corrected chi connectivity index (χ3v) is 5.79. The van der Waals surface area contributed by atoms with Crippen molar-refractivity contribution in [2.45, 2.75) is 52.1 Å². The van der Waals surface area contributed by atoms with Crippen molar-refractivity contribution in [2.75, 3.05) is 11.9 Å². The number of halogens is 3. The molecule has 1 N–H and O–H groups in total. The van der Waals surface area contributed by atoms with Crippen LogP contribution in [0.3, 0.4) is 0 Å². The van der Waals surface area contributed by atoms with E-state index in [2.05, 4.69) is 15.4 Å². The molecule has 33 heavy (non-hydrogen) atoms. The van der Waals surface area contributed by atoms with Crippen molar-refractivity contribution in [3.63, 3.8) is 0 Å². The van der Waals surface area contributed by atoms with Gasteiger partial charge < -0.3 is 5.32 Å². The molecule has 1 aromatic carbocycles. The number of benzene rings is 1. The number of ketones is 2. The third kappa shape index (κ3) is 5.23. The number of rotatable bonds is 9. The average molecular weight is 458 g/mol. The lowest BCUT2D eigenvalue weighted by atomic mass is 9.98. The van der Waals surface area contributed by atoms with Gasteiger partial charge in [-0.25, -0.2) is 9.50 Å². The molecule has 0 radical (unpaired) electrons. The van der Waals surface area contributed by atoms with Gasteiger partial charge in [-0.2, -0.15) is 18.3 Å². The molecule has 4 rings (SSSR count). The molecule has 6 nitrogen and oxygen atoms in total. The maximum absolute atomic E-state index is 12.6. The summed E-state index contributed by atoms with van der Waals surface area (Å²) in [5.41, 5.74) is 3.63. The lowest BCUT2D eigenvalue weighted by molar-refractivity contribution is -0.131. The van der Waals surface area contributed by atoms with Gasteiger partial charge in [0.2, 0.25) is 0 Å². The highest BCUT2D eigenvalue weighted by atomic mass is 19.4. The van der Waals surface area contributed by atoms with Crippen LogP contribution in [0.1, 0.15) is 65.4 Å². The van der Waals surface area contributed by atoms with Crippen molar-refractivity contribution in [3.8, 4) is 11.3 Å². The summed E-state index contributed by atoms with van der Waals surface area (Å²) in [7, 11) is 0. The van der Waals surface area contributed by atoms with Gasteiger partial charge in [-0.1, -0.05) is 19.1 Å². The molecule has 3 aromatic rings. The number of hydrogen-bond acceptors (Lipinski definition) is 5. The number of anilines is 1. The zero-order valence-electron chi connectivity index (χ0n) is 18.5. The minimum absolute atomic E-state index is 0.129. The molecule has 2 aromatic heterocycles. The molecule has 1 aliphatic carbocycles. The Morgan fingerprint density at radius 2 is 1.94 bits per heavy atom. The Bertz CT molecular complexity index is 1210. The highest BCUT2D eigenvalue weighted by Crippen LogP contribution is 2.34. The Kier molecular flexibility index (Phi) is 6.23. The van der Waals surface area contributed by atoms with E-state index in [0.29, 0.717) is 34.9 Å². The van der Waals surface area contributed by atoms with Gasteiger partial charge in [-0.3, -0.25) is 9.59 Å². The predicted octanol–water partition coefficient (Wildman–Crippen LogP) is 5.64. The monoisotopic (exact) mass is 458 g/mol. The second kappa shape index (κ2) is 8.96. The fraction of sp³-hybridized carbons (Fsp3) is 0.417. The molecule has 0 saturated heterocycles. The molecule has 1 saturated carbocycles. The first-order valence-electron chi connectivity index (χ1n) is 11.0. The highest BCUT2D eigenvalue weighted by Gasteiger charge is 2.27. The van der Waals surface area contributed by atoms with Crippen LogP contribution in [0, 0.1) is 12.8 Å². The van der Waals surface area contributed by atoms with Gasteiger partial charge in [-0.15, -0.1) is 0 Å². The molecule has 174 valence electrons. The number of hydrogen-bond donors (Lipinski definition) is 1. The Hall–Kier alpha value is -3.23. The second-order valence-corrected chi connectivity index (χ2v) is 8.49. The first kappa shape index (κ1) is 22.9. The molecule has 0 spiro atoms. The zero-order chi connectivity index (χ0) is 23.8. The largest absolute Gasteiger partial charge is 0.390 e. The standard InChI is InChI=1S/C24H25F3N4O2/c1-3-21(32)18-12-19(28-9-8-24(25,26)27)23-29-13-20(31(23)30-18)16-6-7-17(14(2)10-16)22(33)11-15-4-5-15/h6-7,10,12-13,15,28H,3-5,8-9,11H2,1-2H3. The Morgan fingerprint density at radius 1 is 1.18 bits per heavy atom. The van der Waals surface area contributed by atoms with E-state index in [-0.39, 0.29) is 30.2 Å². The molecule has 0 atom stereocenters. The third-order valence-electron chi connectivity index (χ3n) is 5.79. The van der Waals surface area contributed by atoms with Crippen LogP contribution in [0.5, 0.6) is 0 Å². The van der Waals surface area contributed by atoms with E-state index in [9.17, 15) is 22.8 Å². The van der Waals surface area contributed by atoms with Crippen molar-refractivity contribution in [3.05, 3.63) is 47.3 Å². The number of imidazole rings is 1. The zero-order valence-corrected chi connectivity index (χ0v) is 18.5. The summed E-state index contributed by atoms with van der Waals surface area (Å²) < 4.78 is 39.3. The number of nitrogens with zero attached hydrogens (tertiary/aromatic N) is 3. The average Bonchev–Trinajstić information content (AvgIpc) is 3.46. The van der Waals surface area contributed by atoms with Gasteiger partial charge in [0, 0.05) is 30.5 Å². The second-order valence-electron chi connectivity index (χ2n) is 8.49. The fourth-order valence-electron chi connectivity index (χ4n) is 3.78. The molecule has 0 unspecified atom stereocenters. The smallest absolute Gasteiger partial charge is 0.382 e. The van der Waals surface area contributed by atoms with Crippen LogP contribution in [0.4, 0.5) is 18.9 Å². The van der Waals surface area contributed by atoms with Crippen LogP contribution in [0.2, 0.25) is 0 Å². The van der Waals surface area contributed by atoms with E-state index in [1.165, 1.54) is 10.6 Å². The normalized spacial score (nSPS) is 14.0. The summed E-state index contributed by atoms with van der Waals surface area (Å²) in [6, 6.07) is 6.91. The summed E-state index contributed by atoms with van der Waals surface area (Å²) in [4.78, 5) is 29.2. The molecule has 1 fully saturated rings. The maximum Gasteiger partial charge on any atom is 0.390 e. The van der Waals surface area contributed by atoms with E-state index in [1.54, 1.807) is 19.2 Å². The van der Waals surface area contributed by atoms with E-state index in [1.807, 2.05) is 19.1 Å². The molecular weight excluding hydrogens is 433 g/mol. The van der Waals surface area contributed by atoms with Crippen LogP contribution < -0.4 is 5.32 Å². The summed E-state index contributed by atoms with van der Waals surface area (Å²) >= 11 is 0. The number of aromatic nitrogens is 3. The first-order chi connectivity index (χ1) is 15.7. The highest BCUT2D eigenvalue weighted by molar-refractivity contribution is 5.98. The summed E-state index contributed by atoms with van der Waals surface area (Å²) in [6.07, 6.45) is -0.758. The molecule has 0 amide bonds. The van der Waals surface area contributed by atoms with Crippen molar-refractivity contribution in [2.24, 2.45) is 5.92 Å². The Morgan fingerprint density at radius 3 is 2.58 bits per heavy atom. The van der Waals surface area contributed by atoms with Crippen LogP contribution in [0.15, 0.2) is 30.5 Å². The SMILES string of the molecule is CCC(=O)c1cc(NCCC(F)(F)F)c2ncc(-c3ccc(C(=O)CC4CC4)c(C)c3)n2n1. The van der Waals surface area contributed by atoms with Crippen molar-refractivity contribution in [1.29, 1.82) is 0 Å². The van der Waals surface area contributed by atoms with Crippen molar-refractivity contribution in [1.82, 2.24) is 14.6 Å². The number of carbonyl (C=O) groups excluding carboxylic acids is 2. The van der Waals surface area contributed by atoms with Gasteiger partial charge in [0.05, 0.1) is 24.0 Å². The Balaban J connectivity index is 1.70. The number of fused-ring (bicyclic) bond motifs is 1. The molecule has 1 aliphatic rings. The molecule has 0 aliphatic heterocycles. The van der Waals surface area contributed by atoms with Crippen LogP contribution in [0.25, 0.3) is 16.9 Å². The summed E-state index contributed by atoms with van der Waals surface area (Å²) in [6.45, 7) is 3.22. The molecule has 9 heteroatoms. The van der Waals surface area contributed by atoms with Gasteiger partial charge in [-0.05, 0) is 43.4 Å². The van der Waals surface area contributed by atoms with Gasteiger partial charge >= 0.3 is 6.18 Å². The van der Waals surface area contributed by atoms with Crippen LogP contribution in [-0.4, -0.2) is 38.9 Å². The lowest BCUT2D eigenvalue weighted by Gasteiger charge is -2.12. The van der Waals surface area contributed by atoms with E-state index in [0.717, 1.165) is 24.0 Å². The van der Waals surface area contributed by atoms with E-state index in [4.69, 9.17) is 0 Å². The van der Waals surface area contributed by atoms with Gasteiger partial charge in [0.1, 0.15) is 5.69 Å². The van der Waals surface area contributed by atoms with Crippen molar-refractivity contribution >= 4 is 22.9 Å². The van der Waals surface area contributed by atoms with Gasteiger partial charge in [0.25, 0.3) is 0 Å². The van der Waals surface area contributed by atoms with Crippen molar-refractivity contribution < 1.29 is 22.8 Å². The lowest BCUT2D eigenvalue weighted by Crippen LogP contribution is -2.16. The van der Waals surface area contributed by atoms with E-state index < -0.39 is 12.6 Å². The number of carbonyl (C=O) groups is 2. The fourth-order valence-corrected chi connectivity index (χ4v) is 3.78. The van der Waals surface area contributed by atoms with Gasteiger partial charge in [0.15, 0.2) is 17.2 Å². The van der Waals surface area contributed by atoms with Crippen LogP contribution in [-0.2, 0) is 0 Å².